The Morgan fingerprint density at radius 3 is 2.65 bits per heavy atom. The van der Waals surface area contributed by atoms with Gasteiger partial charge in [-0.25, -0.2) is 9.97 Å². The van der Waals surface area contributed by atoms with Crippen LogP contribution in [-0.2, 0) is 6.42 Å². The summed E-state index contributed by atoms with van der Waals surface area (Å²) < 4.78 is 5.81. The number of rotatable bonds is 6. The summed E-state index contributed by atoms with van der Waals surface area (Å²) in [5.41, 5.74) is 2.84. The van der Waals surface area contributed by atoms with Crippen LogP contribution in [0, 0.1) is 0 Å². The van der Waals surface area contributed by atoms with Crippen LogP contribution in [-0.4, -0.2) is 16.6 Å². The summed E-state index contributed by atoms with van der Waals surface area (Å²) in [6, 6.07) is 7.94. The number of halogens is 1. The lowest BCUT2D eigenvalue weighted by Gasteiger charge is -2.13. The van der Waals surface area contributed by atoms with Gasteiger partial charge in [0, 0.05) is 11.1 Å². The van der Waals surface area contributed by atoms with Gasteiger partial charge in [-0.05, 0) is 25.0 Å². The molecule has 0 spiro atoms. The van der Waals surface area contributed by atoms with Crippen molar-refractivity contribution in [1.29, 1.82) is 0 Å². The van der Waals surface area contributed by atoms with E-state index in [0.29, 0.717) is 11.8 Å². The fourth-order valence-electron chi connectivity index (χ4n) is 2.09. The predicted molar refractivity (Wildman–Crippen MR) is 82.3 cm³/mol. The van der Waals surface area contributed by atoms with Gasteiger partial charge in [0.1, 0.15) is 17.2 Å². The monoisotopic (exact) mass is 290 g/mol. The van der Waals surface area contributed by atoms with Crippen LogP contribution in [0.25, 0.3) is 11.3 Å². The van der Waals surface area contributed by atoms with E-state index in [1.54, 1.807) is 0 Å². The SMILES string of the molecule is CCCOc1ccccc1-c1ncnc(Cl)c1CCC. The first-order chi connectivity index (χ1) is 9.77. The first-order valence-corrected chi connectivity index (χ1v) is 7.37. The van der Waals surface area contributed by atoms with Crippen LogP contribution in [0.15, 0.2) is 30.6 Å². The molecule has 1 aromatic heterocycles. The third kappa shape index (κ3) is 3.28. The maximum Gasteiger partial charge on any atom is 0.136 e. The first-order valence-electron chi connectivity index (χ1n) is 6.99. The molecule has 0 aliphatic heterocycles. The summed E-state index contributed by atoms with van der Waals surface area (Å²) in [6.45, 7) is 4.90. The fraction of sp³-hybridized carbons (Fsp3) is 0.375. The molecule has 106 valence electrons. The molecule has 1 heterocycles. The molecule has 0 N–H and O–H groups in total. The minimum Gasteiger partial charge on any atom is -0.493 e. The molecule has 0 fully saturated rings. The van der Waals surface area contributed by atoms with Gasteiger partial charge in [0.2, 0.25) is 0 Å². The first kappa shape index (κ1) is 14.8. The van der Waals surface area contributed by atoms with Crippen molar-refractivity contribution in [2.45, 2.75) is 33.1 Å². The molecule has 2 rings (SSSR count). The largest absolute Gasteiger partial charge is 0.493 e. The highest BCUT2D eigenvalue weighted by atomic mass is 35.5. The standard InChI is InChI=1S/C16H19ClN2O/c1-3-7-13-15(18-11-19-16(13)17)12-8-5-6-9-14(12)20-10-4-2/h5-6,8-9,11H,3-4,7,10H2,1-2H3. The van der Waals surface area contributed by atoms with E-state index in [2.05, 4.69) is 23.8 Å². The molecule has 1 aromatic carbocycles. The molecule has 4 heteroatoms. The highest BCUT2D eigenvalue weighted by molar-refractivity contribution is 6.30. The Balaban J connectivity index is 2.48. The van der Waals surface area contributed by atoms with Gasteiger partial charge in [-0.15, -0.1) is 0 Å². The lowest BCUT2D eigenvalue weighted by molar-refractivity contribution is 0.318. The van der Waals surface area contributed by atoms with Gasteiger partial charge in [0.25, 0.3) is 0 Å². The Hall–Kier alpha value is -1.61. The van der Waals surface area contributed by atoms with Crippen molar-refractivity contribution in [3.8, 4) is 17.0 Å². The van der Waals surface area contributed by atoms with E-state index < -0.39 is 0 Å². The molecular weight excluding hydrogens is 272 g/mol. The van der Waals surface area contributed by atoms with E-state index in [9.17, 15) is 0 Å². The number of hydrogen-bond acceptors (Lipinski definition) is 3. The summed E-state index contributed by atoms with van der Waals surface area (Å²) in [5.74, 6) is 0.849. The molecule has 20 heavy (non-hydrogen) atoms. The van der Waals surface area contributed by atoms with Crippen LogP contribution < -0.4 is 4.74 Å². The van der Waals surface area contributed by atoms with Crippen molar-refractivity contribution in [1.82, 2.24) is 9.97 Å². The third-order valence-corrected chi connectivity index (χ3v) is 3.32. The zero-order valence-electron chi connectivity index (χ0n) is 11.9. The van der Waals surface area contributed by atoms with Crippen LogP contribution in [0.3, 0.4) is 0 Å². The second kappa shape index (κ2) is 7.25. The molecule has 0 amide bonds. The number of benzene rings is 1. The van der Waals surface area contributed by atoms with Gasteiger partial charge in [-0.3, -0.25) is 0 Å². The Bertz CT molecular complexity index is 572. The van der Waals surface area contributed by atoms with E-state index in [1.165, 1.54) is 6.33 Å². The maximum atomic E-state index is 6.22. The van der Waals surface area contributed by atoms with Gasteiger partial charge in [0.15, 0.2) is 0 Å². The lowest BCUT2D eigenvalue weighted by Crippen LogP contribution is -2.01. The van der Waals surface area contributed by atoms with Crippen LogP contribution in [0.1, 0.15) is 32.3 Å². The highest BCUT2D eigenvalue weighted by Crippen LogP contribution is 2.33. The molecule has 0 saturated carbocycles. The average Bonchev–Trinajstić information content (AvgIpc) is 2.48. The van der Waals surface area contributed by atoms with Gasteiger partial charge in [0.05, 0.1) is 12.3 Å². The molecule has 0 unspecified atom stereocenters. The van der Waals surface area contributed by atoms with E-state index in [4.69, 9.17) is 16.3 Å². The van der Waals surface area contributed by atoms with Crippen LogP contribution >= 0.6 is 11.6 Å². The average molecular weight is 291 g/mol. The Kier molecular flexibility index (Phi) is 5.36. The summed E-state index contributed by atoms with van der Waals surface area (Å²) in [5, 5.41) is 0.530. The zero-order valence-corrected chi connectivity index (χ0v) is 12.7. The smallest absolute Gasteiger partial charge is 0.136 e. The highest BCUT2D eigenvalue weighted by Gasteiger charge is 2.14. The zero-order chi connectivity index (χ0) is 14.4. The molecule has 0 atom stereocenters. The number of para-hydroxylation sites is 1. The minimum absolute atomic E-state index is 0.530. The summed E-state index contributed by atoms with van der Waals surface area (Å²) in [4.78, 5) is 8.51. The normalized spacial score (nSPS) is 10.6. The Morgan fingerprint density at radius 1 is 1.10 bits per heavy atom. The van der Waals surface area contributed by atoms with Gasteiger partial charge in [-0.1, -0.05) is 44.0 Å². The van der Waals surface area contributed by atoms with Gasteiger partial charge < -0.3 is 4.74 Å². The third-order valence-electron chi connectivity index (χ3n) is 3.00. The van der Waals surface area contributed by atoms with E-state index in [1.807, 2.05) is 24.3 Å². The molecule has 2 aromatic rings. The number of aromatic nitrogens is 2. The van der Waals surface area contributed by atoms with E-state index in [-0.39, 0.29) is 0 Å². The predicted octanol–water partition coefficient (Wildman–Crippen LogP) is 4.54. The second-order valence-electron chi connectivity index (χ2n) is 4.59. The van der Waals surface area contributed by atoms with E-state index >= 15 is 0 Å². The minimum atomic E-state index is 0.530. The molecule has 0 saturated heterocycles. The van der Waals surface area contributed by atoms with Gasteiger partial charge >= 0.3 is 0 Å². The molecular formula is C16H19ClN2O. The van der Waals surface area contributed by atoms with Crippen molar-refractivity contribution in [3.63, 3.8) is 0 Å². The summed E-state index contributed by atoms with van der Waals surface area (Å²) in [7, 11) is 0. The fourth-order valence-corrected chi connectivity index (χ4v) is 2.32. The number of hydrogen-bond donors (Lipinski definition) is 0. The van der Waals surface area contributed by atoms with Crippen molar-refractivity contribution < 1.29 is 4.74 Å². The van der Waals surface area contributed by atoms with Crippen LogP contribution in [0.4, 0.5) is 0 Å². The van der Waals surface area contributed by atoms with Crippen LogP contribution in [0.5, 0.6) is 5.75 Å². The molecule has 0 bridgehead atoms. The van der Waals surface area contributed by atoms with Crippen molar-refractivity contribution in [3.05, 3.63) is 41.3 Å². The van der Waals surface area contributed by atoms with Crippen molar-refractivity contribution >= 4 is 11.6 Å². The Morgan fingerprint density at radius 2 is 1.90 bits per heavy atom. The van der Waals surface area contributed by atoms with Gasteiger partial charge in [-0.2, -0.15) is 0 Å². The van der Waals surface area contributed by atoms with Crippen molar-refractivity contribution in [2.24, 2.45) is 0 Å². The molecule has 3 nitrogen and oxygen atoms in total. The molecule has 0 radical (unpaired) electrons. The summed E-state index contributed by atoms with van der Waals surface area (Å²) >= 11 is 6.22. The topological polar surface area (TPSA) is 35.0 Å². The quantitative estimate of drug-likeness (QED) is 0.733. The summed E-state index contributed by atoms with van der Waals surface area (Å²) in [6.07, 6.45) is 4.34. The maximum absolute atomic E-state index is 6.22. The van der Waals surface area contributed by atoms with E-state index in [0.717, 1.165) is 41.8 Å². The molecule has 0 aliphatic rings. The second-order valence-corrected chi connectivity index (χ2v) is 4.94. The van der Waals surface area contributed by atoms with Crippen molar-refractivity contribution in [2.75, 3.05) is 6.61 Å². The lowest BCUT2D eigenvalue weighted by atomic mass is 10.0. The number of nitrogens with zero attached hydrogens (tertiary/aromatic N) is 2. The number of ether oxygens (including phenoxy) is 1. The molecule has 0 aliphatic carbocycles. The Labute approximate surface area is 125 Å². The van der Waals surface area contributed by atoms with Crippen LogP contribution in [0.2, 0.25) is 5.15 Å².